The van der Waals surface area contributed by atoms with Gasteiger partial charge in [-0.25, -0.2) is 0 Å². The van der Waals surface area contributed by atoms with E-state index < -0.39 is 0 Å². The second kappa shape index (κ2) is 6.54. The van der Waals surface area contributed by atoms with E-state index in [0.717, 1.165) is 10.0 Å². The number of hydrogen-bond donors (Lipinski definition) is 3. The second-order valence-electron chi connectivity index (χ2n) is 4.27. The molecule has 4 nitrogen and oxygen atoms in total. The third-order valence-electron chi connectivity index (χ3n) is 2.79. The maximum Gasteiger partial charge on any atom is 0.128 e. The molecule has 0 heterocycles. The molecule has 0 saturated carbocycles. The average Bonchev–Trinajstić information content (AvgIpc) is 2.41. The lowest BCUT2D eigenvalue weighted by molar-refractivity contribution is 0.299. The lowest BCUT2D eigenvalue weighted by Crippen LogP contribution is -2.11. The summed E-state index contributed by atoms with van der Waals surface area (Å²) < 4.78 is 6.44. The van der Waals surface area contributed by atoms with E-state index in [9.17, 15) is 0 Å². The van der Waals surface area contributed by atoms with E-state index >= 15 is 0 Å². The van der Waals surface area contributed by atoms with Gasteiger partial charge in [-0.2, -0.15) is 0 Å². The van der Waals surface area contributed by atoms with Gasteiger partial charge in [-0.1, -0.05) is 12.1 Å². The van der Waals surface area contributed by atoms with Crippen LogP contribution in [0.4, 0.5) is 0 Å². The minimum absolute atomic E-state index is 0.0109. The Morgan fingerprint density at radius 3 is 2.35 bits per heavy atom. The molecule has 0 spiro atoms. The molecule has 2 aromatic rings. The van der Waals surface area contributed by atoms with Crippen LogP contribution in [0.2, 0.25) is 0 Å². The molecule has 0 amide bonds. The summed E-state index contributed by atoms with van der Waals surface area (Å²) in [5, 5.41) is 16.3. The number of rotatable bonds is 5. The van der Waals surface area contributed by atoms with Gasteiger partial charge in [0.1, 0.15) is 17.3 Å². The van der Waals surface area contributed by atoms with Crippen LogP contribution >= 0.6 is 15.9 Å². The van der Waals surface area contributed by atoms with Crippen molar-refractivity contribution in [3.05, 3.63) is 58.1 Å². The van der Waals surface area contributed by atoms with Crippen molar-refractivity contribution in [1.29, 1.82) is 5.41 Å². The molecule has 20 heavy (non-hydrogen) atoms. The second-order valence-corrected chi connectivity index (χ2v) is 5.13. The van der Waals surface area contributed by atoms with Gasteiger partial charge in [-0.3, -0.25) is 5.41 Å². The Morgan fingerprint density at radius 2 is 1.80 bits per heavy atom. The van der Waals surface area contributed by atoms with Crippen molar-refractivity contribution in [1.82, 2.24) is 0 Å². The molecule has 0 bridgehead atoms. The predicted octanol–water partition coefficient (Wildman–Crippen LogP) is 3.06. The standard InChI is InChI=1S/C15H15BrN2O2/c16-14-9-12(5-6-13(14)15(17)18)20-11-3-1-10(2-4-11)7-8-19/h1-6,9,19H,7-8H2,(H3,17,18). The number of ether oxygens (including phenoxy) is 1. The van der Waals surface area contributed by atoms with Crippen molar-refractivity contribution in [3.8, 4) is 11.5 Å². The van der Waals surface area contributed by atoms with Crippen molar-refractivity contribution in [2.45, 2.75) is 6.42 Å². The summed E-state index contributed by atoms with van der Waals surface area (Å²) in [5.41, 5.74) is 7.15. The molecule has 104 valence electrons. The Balaban J connectivity index is 2.13. The number of benzene rings is 2. The van der Waals surface area contributed by atoms with Crippen LogP contribution in [0.3, 0.4) is 0 Å². The zero-order valence-electron chi connectivity index (χ0n) is 10.8. The van der Waals surface area contributed by atoms with Gasteiger partial charge in [0, 0.05) is 16.6 Å². The molecule has 0 radical (unpaired) electrons. The van der Waals surface area contributed by atoms with Gasteiger partial charge in [0.05, 0.1) is 0 Å². The normalized spacial score (nSPS) is 10.3. The fraction of sp³-hybridized carbons (Fsp3) is 0.133. The highest BCUT2D eigenvalue weighted by molar-refractivity contribution is 9.10. The maximum atomic E-state index is 8.86. The van der Waals surface area contributed by atoms with E-state index in [4.69, 9.17) is 21.0 Å². The highest BCUT2D eigenvalue weighted by Crippen LogP contribution is 2.27. The van der Waals surface area contributed by atoms with Gasteiger partial charge in [0.2, 0.25) is 0 Å². The SMILES string of the molecule is N=C(N)c1ccc(Oc2ccc(CCO)cc2)cc1Br. The van der Waals surface area contributed by atoms with Gasteiger partial charge in [-0.15, -0.1) is 0 Å². The van der Waals surface area contributed by atoms with Gasteiger partial charge < -0.3 is 15.6 Å². The van der Waals surface area contributed by atoms with E-state index in [1.165, 1.54) is 0 Å². The molecule has 2 rings (SSSR count). The molecule has 2 aromatic carbocycles. The third-order valence-corrected chi connectivity index (χ3v) is 3.45. The quantitative estimate of drug-likeness (QED) is 0.580. The molecule has 0 unspecified atom stereocenters. The van der Waals surface area contributed by atoms with Crippen LogP contribution in [-0.4, -0.2) is 17.5 Å². The van der Waals surface area contributed by atoms with Crippen LogP contribution in [-0.2, 0) is 6.42 Å². The first-order chi connectivity index (χ1) is 9.60. The number of aliphatic hydroxyl groups is 1. The summed E-state index contributed by atoms with van der Waals surface area (Å²) in [7, 11) is 0. The van der Waals surface area contributed by atoms with Crippen molar-refractivity contribution in [2.75, 3.05) is 6.61 Å². The summed E-state index contributed by atoms with van der Waals surface area (Å²) in [5.74, 6) is 1.39. The number of nitrogens with two attached hydrogens (primary N) is 1. The van der Waals surface area contributed by atoms with Crippen LogP contribution in [0, 0.1) is 5.41 Å². The Kier molecular flexibility index (Phi) is 4.76. The molecule has 0 aliphatic carbocycles. The highest BCUT2D eigenvalue weighted by Gasteiger charge is 2.05. The van der Waals surface area contributed by atoms with E-state index in [1.54, 1.807) is 18.2 Å². The van der Waals surface area contributed by atoms with Gasteiger partial charge in [0.25, 0.3) is 0 Å². The molecule has 0 fully saturated rings. The lowest BCUT2D eigenvalue weighted by atomic mass is 10.1. The van der Waals surface area contributed by atoms with Gasteiger partial charge in [-0.05, 0) is 58.2 Å². The number of nitrogen functional groups attached to an aromatic ring is 1. The van der Waals surface area contributed by atoms with Gasteiger partial charge in [0.15, 0.2) is 0 Å². The molecule has 0 aromatic heterocycles. The predicted molar refractivity (Wildman–Crippen MR) is 82.5 cm³/mol. The first-order valence-electron chi connectivity index (χ1n) is 6.12. The molecule has 0 aliphatic heterocycles. The molecule has 4 N–H and O–H groups in total. The van der Waals surface area contributed by atoms with E-state index in [0.29, 0.717) is 23.5 Å². The fourth-order valence-corrected chi connectivity index (χ4v) is 2.34. The zero-order valence-corrected chi connectivity index (χ0v) is 12.4. The summed E-state index contributed by atoms with van der Waals surface area (Å²) in [4.78, 5) is 0. The lowest BCUT2D eigenvalue weighted by Gasteiger charge is -2.09. The molecule has 0 atom stereocenters. The summed E-state index contributed by atoms with van der Waals surface area (Å²) >= 11 is 3.36. The van der Waals surface area contributed by atoms with Crippen molar-refractivity contribution >= 4 is 21.8 Å². The minimum Gasteiger partial charge on any atom is -0.457 e. The third kappa shape index (κ3) is 3.59. The Bertz CT molecular complexity index is 612. The van der Waals surface area contributed by atoms with E-state index in [2.05, 4.69) is 15.9 Å². The van der Waals surface area contributed by atoms with Crippen molar-refractivity contribution in [2.24, 2.45) is 5.73 Å². The number of aliphatic hydroxyl groups excluding tert-OH is 1. The van der Waals surface area contributed by atoms with Crippen LogP contribution in [0.1, 0.15) is 11.1 Å². The largest absolute Gasteiger partial charge is 0.457 e. The molecular weight excluding hydrogens is 320 g/mol. The fourth-order valence-electron chi connectivity index (χ4n) is 1.77. The van der Waals surface area contributed by atoms with E-state index in [-0.39, 0.29) is 12.4 Å². The zero-order chi connectivity index (χ0) is 14.5. The van der Waals surface area contributed by atoms with Crippen LogP contribution in [0.15, 0.2) is 46.9 Å². The van der Waals surface area contributed by atoms with Gasteiger partial charge >= 0.3 is 0 Å². The maximum absolute atomic E-state index is 8.86. The molecule has 0 saturated heterocycles. The Hall–Kier alpha value is -1.85. The van der Waals surface area contributed by atoms with Crippen molar-refractivity contribution < 1.29 is 9.84 Å². The summed E-state index contributed by atoms with van der Waals surface area (Å²) in [6.45, 7) is 0.139. The number of hydrogen-bond acceptors (Lipinski definition) is 3. The van der Waals surface area contributed by atoms with Crippen LogP contribution < -0.4 is 10.5 Å². The first kappa shape index (κ1) is 14.6. The average molecular weight is 335 g/mol. The van der Waals surface area contributed by atoms with Crippen molar-refractivity contribution in [3.63, 3.8) is 0 Å². The highest BCUT2D eigenvalue weighted by atomic mass is 79.9. The monoisotopic (exact) mass is 334 g/mol. The number of amidine groups is 1. The Morgan fingerprint density at radius 1 is 1.15 bits per heavy atom. The summed E-state index contributed by atoms with van der Waals surface area (Å²) in [6, 6.07) is 12.8. The topological polar surface area (TPSA) is 79.3 Å². The number of halogens is 1. The molecule has 0 aliphatic rings. The molecular formula is C15H15BrN2O2. The minimum atomic E-state index is 0.0109. The van der Waals surface area contributed by atoms with E-state index in [1.807, 2.05) is 24.3 Å². The van der Waals surface area contributed by atoms with Crippen LogP contribution in [0.25, 0.3) is 0 Å². The summed E-state index contributed by atoms with van der Waals surface area (Å²) in [6.07, 6.45) is 0.638. The Labute approximate surface area is 125 Å². The first-order valence-corrected chi connectivity index (χ1v) is 6.91. The molecule has 5 heteroatoms. The number of nitrogens with one attached hydrogen (secondary N) is 1. The van der Waals surface area contributed by atoms with Crippen LogP contribution in [0.5, 0.6) is 11.5 Å². The smallest absolute Gasteiger partial charge is 0.128 e.